The van der Waals surface area contributed by atoms with Gasteiger partial charge < -0.3 is 4.74 Å². The van der Waals surface area contributed by atoms with Crippen molar-refractivity contribution in [3.8, 4) is 16.8 Å². The molecular weight excluding hydrogens is 508 g/mol. The number of nitrogens with zero attached hydrogens (tertiary/aromatic N) is 4. The van der Waals surface area contributed by atoms with Crippen LogP contribution >= 0.6 is 0 Å². The molecule has 0 spiro atoms. The minimum Gasteiger partial charge on any atom is -0.462 e. The van der Waals surface area contributed by atoms with Gasteiger partial charge in [0.05, 0.1) is 29.3 Å². The van der Waals surface area contributed by atoms with E-state index in [4.69, 9.17) is 14.9 Å². The fourth-order valence-electron chi connectivity index (χ4n) is 5.18. The number of carbonyl (C=O) groups excluding carboxylic acids is 1. The number of para-hydroxylation sites is 2. The van der Waals surface area contributed by atoms with Crippen molar-refractivity contribution in [2.45, 2.75) is 33.1 Å². The molecule has 1 aliphatic rings. The maximum Gasteiger partial charge on any atom is 0.338 e. The highest BCUT2D eigenvalue weighted by Crippen LogP contribution is 2.39. The molecule has 1 aliphatic carbocycles. The van der Waals surface area contributed by atoms with Gasteiger partial charge in [-0.3, -0.25) is 0 Å². The molecule has 0 bridgehead atoms. The summed E-state index contributed by atoms with van der Waals surface area (Å²) in [6.45, 7) is 4.62. The molecular formula is C35H32N4O2. The second-order valence-electron chi connectivity index (χ2n) is 10.1. The highest BCUT2D eigenvalue weighted by Gasteiger charge is 2.28. The molecule has 6 heteroatoms. The van der Waals surface area contributed by atoms with Crippen molar-refractivity contribution in [3.05, 3.63) is 132 Å². The Morgan fingerprint density at radius 1 is 0.805 bits per heavy atom. The molecule has 1 aromatic heterocycles. The van der Waals surface area contributed by atoms with Crippen molar-refractivity contribution in [2.75, 3.05) is 11.6 Å². The Labute approximate surface area is 240 Å². The highest BCUT2D eigenvalue weighted by atomic mass is 16.5. The number of hydrogen-bond donors (Lipinski definition) is 0. The van der Waals surface area contributed by atoms with Gasteiger partial charge >= 0.3 is 5.97 Å². The normalized spacial score (nSPS) is 12.7. The molecule has 6 nitrogen and oxygen atoms in total. The molecule has 0 atom stereocenters. The second kappa shape index (κ2) is 11.6. The number of hydrazone groups is 1. The van der Waals surface area contributed by atoms with Crippen LogP contribution in [0.1, 0.15) is 53.4 Å². The largest absolute Gasteiger partial charge is 0.462 e. The number of benzene rings is 4. The quantitative estimate of drug-likeness (QED) is 0.106. The number of aryl methyl sites for hydroxylation is 1. The Hall–Kier alpha value is -4.97. The first kappa shape index (κ1) is 26.3. The molecule has 41 heavy (non-hydrogen) atoms. The lowest BCUT2D eigenvalue weighted by molar-refractivity contribution is 0.0498. The van der Waals surface area contributed by atoms with Crippen molar-refractivity contribution >= 4 is 23.2 Å². The maximum atomic E-state index is 12.8. The zero-order valence-electron chi connectivity index (χ0n) is 23.3. The number of aromatic nitrogens is 2. The lowest BCUT2D eigenvalue weighted by Gasteiger charge is -2.18. The first-order valence-corrected chi connectivity index (χ1v) is 14.1. The van der Waals surface area contributed by atoms with E-state index >= 15 is 0 Å². The van der Waals surface area contributed by atoms with Crippen LogP contribution in [-0.2, 0) is 4.74 Å². The topological polar surface area (TPSA) is 59.7 Å². The standard InChI is InChI=1S/C35H32N4O2/c1-3-4-13-22-41-35(40)26-20-21-31-32(24-26)29-18-11-12-19-30(29)34(31)37-39(28-16-9-6-10-17-28)33-23-25(2)38(36-33)27-14-7-5-8-15-27/h5-12,14-21,23-24H,3-4,13,22H2,1-2H3. The number of carbonyl (C=O) groups is 1. The second-order valence-corrected chi connectivity index (χ2v) is 10.1. The van der Waals surface area contributed by atoms with Crippen LogP contribution in [0, 0.1) is 6.92 Å². The fraction of sp³-hybridized carbons (Fsp3) is 0.171. The zero-order chi connectivity index (χ0) is 28.2. The van der Waals surface area contributed by atoms with Crippen LogP contribution in [0.25, 0.3) is 16.8 Å². The van der Waals surface area contributed by atoms with E-state index in [0.717, 1.165) is 64.3 Å². The lowest BCUT2D eigenvalue weighted by Crippen LogP contribution is -2.15. The Morgan fingerprint density at radius 2 is 1.49 bits per heavy atom. The van der Waals surface area contributed by atoms with Gasteiger partial charge in [-0.15, -0.1) is 5.10 Å². The fourth-order valence-corrected chi connectivity index (χ4v) is 5.18. The van der Waals surface area contributed by atoms with Gasteiger partial charge in [-0.1, -0.05) is 86.5 Å². The number of fused-ring (bicyclic) bond motifs is 3. The van der Waals surface area contributed by atoms with E-state index in [0.29, 0.717) is 18.0 Å². The van der Waals surface area contributed by atoms with Crippen LogP contribution in [0.5, 0.6) is 0 Å². The molecule has 0 aliphatic heterocycles. The number of esters is 1. The molecule has 0 saturated heterocycles. The lowest BCUT2D eigenvalue weighted by atomic mass is 10.0. The summed E-state index contributed by atoms with van der Waals surface area (Å²) in [5, 5.41) is 12.1. The van der Waals surface area contributed by atoms with Gasteiger partial charge in [-0.25, -0.2) is 14.5 Å². The van der Waals surface area contributed by atoms with Gasteiger partial charge in [0.15, 0.2) is 5.82 Å². The molecule has 4 aromatic carbocycles. The van der Waals surface area contributed by atoms with E-state index < -0.39 is 0 Å². The van der Waals surface area contributed by atoms with E-state index in [9.17, 15) is 4.79 Å². The minimum atomic E-state index is -0.292. The van der Waals surface area contributed by atoms with E-state index in [-0.39, 0.29) is 5.97 Å². The van der Waals surface area contributed by atoms with Crippen LogP contribution in [0.2, 0.25) is 0 Å². The summed E-state index contributed by atoms with van der Waals surface area (Å²) in [6.07, 6.45) is 3.01. The molecule has 0 amide bonds. The summed E-state index contributed by atoms with van der Waals surface area (Å²) in [6, 6.07) is 36.1. The smallest absolute Gasteiger partial charge is 0.338 e. The van der Waals surface area contributed by atoms with Crippen LogP contribution in [0.4, 0.5) is 11.5 Å². The van der Waals surface area contributed by atoms with Crippen molar-refractivity contribution in [1.29, 1.82) is 0 Å². The summed E-state index contributed by atoms with van der Waals surface area (Å²) < 4.78 is 7.48. The molecule has 0 unspecified atom stereocenters. The van der Waals surface area contributed by atoms with Gasteiger partial charge in [0, 0.05) is 22.9 Å². The first-order chi connectivity index (χ1) is 20.1. The number of hydrogen-bond acceptors (Lipinski definition) is 5. The van der Waals surface area contributed by atoms with Crippen LogP contribution < -0.4 is 5.01 Å². The zero-order valence-corrected chi connectivity index (χ0v) is 23.3. The summed E-state index contributed by atoms with van der Waals surface area (Å²) >= 11 is 0. The predicted molar refractivity (Wildman–Crippen MR) is 164 cm³/mol. The van der Waals surface area contributed by atoms with Crippen molar-refractivity contribution in [1.82, 2.24) is 9.78 Å². The van der Waals surface area contributed by atoms with Crippen LogP contribution in [-0.4, -0.2) is 28.1 Å². The van der Waals surface area contributed by atoms with Gasteiger partial charge in [-0.05, 0) is 60.9 Å². The average Bonchev–Trinajstić information content (AvgIpc) is 3.56. The van der Waals surface area contributed by atoms with E-state index in [1.165, 1.54) is 0 Å². The molecule has 0 radical (unpaired) electrons. The van der Waals surface area contributed by atoms with Gasteiger partial charge in [0.2, 0.25) is 0 Å². The molecule has 0 N–H and O–H groups in total. The summed E-state index contributed by atoms with van der Waals surface area (Å²) in [4.78, 5) is 12.8. The molecule has 6 rings (SSSR count). The number of rotatable bonds is 9. The third-order valence-corrected chi connectivity index (χ3v) is 7.26. The summed E-state index contributed by atoms with van der Waals surface area (Å²) in [5.74, 6) is 0.419. The highest BCUT2D eigenvalue weighted by molar-refractivity contribution is 6.25. The third kappa shape index (κ3) is 5.29. The van der Waals surface area contributed by atoms with Gasteiger partial charge in [0.25, 0.3) is 0 Å². The molecule has 1 heterocycles. The Kier molecular flexibility index (Phi) is 7.46. The molecule has 0 saturated carbocycles. The Bertz CT molecular complexity index is 1710. The maximum absolute atomic E-state index is 12.8. The summed E-state index contributed by atoms with van der Waals surface area (Å²) in [5.41, 5.74) is 8.26. The monoisotopic (exact) mass is 540 g/mol. The van der Waals surface area contributed by atoms with Gasteiger partial charge in [-0.2, -0.15) is 5.10 Å². The number of ether oxygens (including phenoxy) is 1. The summed E-state index contributed by atoms with van der Waals surface area (Å²) in [7, 11) is 0. The van der Waals surface area contributed by atoms with Crippen molar-refractivity contribution in [2.24, 2.45) is 5.10 Å². The number of anilines is 2. The average molecular weight is 541 g/mol. The van der Waals surface area contributed by atoms with Crippen molar-refractivity contribution < 1.29 is 9.53 Å². The van der Waals surface area contributed by atoms with E-state index in [1.807, 2.05) is 114 Å². The number of unbranched alkanes of at least 4 members (excludes halogenated alkanes) is 2. The Morgan fingerprint density at radius 3 is 2.24 bits per heavy atom. The SMILES string of the molecule is CCCCCOC(=O)c1ccc2c(c1)-c1ccccc1C2=NN(c1ccccc1)c1cc(C)n(-c2ccccc2)n1. The van der Waals surface area contributed by atoms with Crippen molar-refractivity contribution in [3.63, 3.8) is 0 Å². The van der Waals surface area contributed by atoms with E-state index in [1.54, 1.807) is 0 Å². The predicted octanol–water partition coefficient (Wildman–Crippen LogP) is 8.10. The Balaban J connectivity index is 1.43. The molecule has 204 valence electrons. The third-order valence-electron chi connectivity index (χ3n) is 7.26. The van der Waals surface area contributed by atoms with Crippen LogP contribution in [0.3, 0.4) is 0 Å². The van der Waals surface area contributed by atoms with E-state index in [2.05, 4.69) is 19.1 Å². The van der Waals surface area contributed by atoms with Crippen LogP contribution in [0.15, 0.2) is 114 Å². The minimum absolute atomic E-state index is 0.292. The van der Waals surface area contributed by atoms with Gasteiger partial charge in [0.1, 0.15) is 0 Å². The molecule has 5 aromatic rings. The first-order valence-electron chi connectivity index (χ1n) is 14.1. The molecule has 0 fully saturated rings.